The maximum atomic E-state index is 6.26. The summed E-state index contributed by atoms with van der Waals surface area (Å²) < 4.78 is 6.26. The van der Waals surface area contributed by atoms with Gasteiger partial charge in [-0.15, -0.1) is 12.4 Å². The number of ether oxygens (including phenoxy) is 1. The number of hydrogen-bond donors (Lipinski definition) is 1. The van der Waals surface area contributed by atoms with E-state index in [-0.39, 0.29) is 12.4 Å². The predicted molar refractivity (Wildman–Crippen MR) is 89.0 cm³/mol. The fourth-order valence-electron chi connectivity index (χ4n) is 3.25. The Balaban J connectivity index is 0.00000161. The Bertz CT molecular complexity index is 387. The van der Waals surface area contributed by atoms with Crippen molar-refractivity contribution in [3.8, 4) is 0 Å². The molecule has 118 valence electrons. The monoisotopic (exact) mass is 310 g/mol. The van der Waals surface area contributed by atoms with Gasteiger partial charge in [-0.3, -0.25) is 4.90 Å². The van der Waals surface area contributed by atoms with E-state index < -0.39 is 0 Å². The molecule has 0 atom stereocenters. The minimum absolute atomic E-state index is 0. The smallest absolute Gasteiger partial charge is 0.0603 e. The van der Waals surface area contributed by atoms with Crippen molar-refractivity contribution in [2.75, 3.05) is 26.2 Å². The lowest BCUT2D eigenvalue weighted by molar-refractivity contribution is -0.0539. The molecule has 3 rings (SSSR count). The Morgan fingerprint density at radius 1 is 0.952 bits per heavy atom. The number of nitrogens with zero attached hydrogens (tertiary/aromatic N) is 1. The molecule has 2 heterocycles. The number of rotatable bonds is 4. The van der Waals surface area contributed by atoms with E-state index in [1.807, 2.05) is 0 Å². The quantitative estimate of drug-likeness (QED) is 0.925. The highest BCUT2D eigenvalue weighted by Gasteiger charge is 2.23. The highest BCUT2D eigenvalue weighted by molar-refractivity contribution is 5.85. The molecule has 2 aliphatic rings. The fraction of sp³-hybridized carbons (Fsp3) is 0.647. The molecule has 4 heteroatoms. The van der Waals surface area contributed by atoms with Crippen LogP contribution in [0.5, 0.6) is 0 Å². The first-order valence-electron chi connectivity index (χ1n) is 8.02. The number of piperidine rings is 2. The van der Waals surface area contributed by atoms with Crippen molar-refractivity contribution in [2.45, 2.75) is 44.4 Å². The van der Waals surface area contributed by atoms with Gasteiger partial charge in [0.2, 0.25) is 0 Å². The van der Waals surface area contributed by atoms with Gasteiger partial charge in [-0.2, -0.15) is 0 Å². The highest BCUT2D eigenvalue weighted by Crippen LogP contribution is 2.20. The number of benzene rings is 1. The van der Waals surface area contributed by atoms with Crippen LogP contribution in [0.15, 0.2) is 30.3 Å². The minimum Gasteiger partial charge on any atom is -0.375 e. The van der Waals surface area contributed by atoms with Gasteiger partial charge in [0.25, 0.3) is 0 Å². The Hall–Kier alpha value is -0.610. The van der Waals surface area contributed by atoms with Crippen LogP contribution in [-0.4, -0.2) is 43.3 Å². The predicted octanol–water partition coefficient (Wildman–Crippen LogP) is 2.84. The van der Waals surface area contributed by atoms with Crippen molar-refractivity contribution < 1.29 is 4.74 Å². The van der Waals surface area contributed by atoms with Gasteiger partial charge in [-0.1, -0.05) is 30.3 Å². The number of nitrogens with one attached hydrogen (secondary N) is 1. The average molecular weight is 311 g/mol. The summed E-state index contributed by atoms with van der Waals surface area (Å²) in [6.07, 6.45) is 5.74. The molecular weight excluding hydrogens is 284 g/mol. The summed E-state index contributed by atoms with van der Waals surface area (Å²) in [5.41, 5.74) is 1.42. The zero-order valence-electron chi connectivity index (χ0n) is 12.7. The molecule has 0 saturated carbocycles. The van der Waals surface area contributed by atoms with Gasteiger partial charge in [0.1, 0.15) is 0 Å². The van der Waals surface area contributed by atoms with Crippen molar-refractivity contribution in [1.29, 1.82) is 0 Å². The molecule has 0 amide bonds. The summed E-state index contributed by atoms with van der Waals surface area (Å²) in [5.74, 6) is 0. The largest absolute Gasteiger partial charge is 0.375 e. The molecule has 2 fully saturated rings. The van der Waals surface area contributed by atoms with Crippen LogP contribution < -0.4 is 5.32 Å². The first kappa shape index (κ1) is 16.8. The normalized spacial score (nSPS) is 21.9. The van der Waals surface area contributed by atoms with Crippen LogP contribution in [0.4, 0.5) is 0 Å². The van der Waals surface area contributed by atoms with Crippen LogP contribution in [0.25, 0.3) is 0 Å². The second kappa shape index (κ2) is 8.74. The van der Waals surface area contributed by atoms with Gasteiger partial charge < -0.3 is 10.1 Å². The molecule has 0 aliphatic carbocycles. The third-order valence-electron chi connectivity index (χ3n) is 4.45. The Morgan fingerprint density at radius 2 is 1.57 bits per heavy atom. The van der Waals surface area contributed by atoms with Crippen molar-refractivity contribution in [3.05, 3.63) is 35.9 Å². The van der Waals surface area contributed by atoms with Gasteiger partial charge in [0.15, 0.2) is 0 Å². The SMILES string of the molecule is Cl.c1ccc(CN2CCC(OC3CCNCC3)CC2)cc1. The molecule has 3 nitrogen and oxygen atoms in total. The van der Waals surface area contributed by atoms with Crippen molar-refractivity contribution in [3.63, 3.8) is 0 Å². The van der Waals surface area contributed by atoms with Gasteiger partial charge in [-0.05, 0) is 44.3 Å². The average Bonchev–Trinajstić information content (AvgIpc) is 2.51. The zero-order chi connectivity index (χ0) is 13.6. The summed E-state index contributed by atoms with van der Waals surface area (Å²) >= 11 is 0. The van der Waals surface area contributed by atoms with Crippen LogP contribution in [0.1, 0.15) is 31.2 Å². The number of hydrogen-bond acceptors (Lipinski definition) is 3. The summed E-state index contributed by atoms with van der Waals surface area (Å²) in [6.45, 7) is 5.67. The lowest BCUT2D eigenvalue weighted by atomic mass is 10.0. The molecule has 0 radical (unpaired) electrons. The van der Waals surface area contributed by atoms with Crippen LogP contribution >= 0.6 is 12.4 Å². The molecule has 21 heavy (non-hydrogen) atoms. The zero-order valence-corrected chi connectivity index (χ0v) is 13.5. The van der Waals surface area contributed by atoms with E-state index in [9.17, 15) is 0 Å². The van der Waals surface area contributed by atoms with E-state index in [1.165, 1.54) is 44.3 Å². The first-order chi connectivity index (χ1) is 9.90. The standard InChI is InChI=1S/C17H26N2O.ClH/c1-2-4-15(5-3-1)14-19-12-8-17(9-13-19)20-16-6-10-18-11-7-16;/h1-5,16-18H,6-14H2;1H. The first-order valence-corrected chi connectivity index (χ1v) is 8.02. The molecule has 2 saturated heterocycles. The van der Waals surface area contributed by atoms with E-state index in [0.29, 0.717) is 12.2 Å². The van der Waals surface area contributed by atoms with Gasteiger partial charge in [-0.25, -0.2) is 0 Å². The molecule has 1 N–H and O–H groups in total. The van der Waals surface area contributed by atoms with Crippen molar-refractivity contribution in [1.82, 2.24) is 10.2 Å². The van der Waals surface area contributed by atoms with Crippen molar-refractivity contribution >= 4 is 12.4 Å². The van der Waals surface area contributed by atoms with Crippen LogP contribution in [0.2, 0.25) is 0 Å². The summed E-state index contributed by atoms with van der Waals surface area (Å²) in [5, 5.41) is 3.40. The topological polar surface area (TPSA) is 24.5 Å². The summed E-state index contributed by atoms with van der Waals surface area (Å²) in [7, 11) is 0. The van der Waals surface area contributed by atoms with Gasteiger partial charge in [0, 0.05) is 19.6 Å². The number of likely N-dealkylation sites (tertiary alicyclic amines) is 1. The second-order valence-electron chi connectivity index (χ2n) is 6.05. The molecule has 0 bridgehead atoms. The minimum atomic E-state index is 0. The van der Waals surface area contributed by atoms with E-state index in [4.69, 9.17) is 4.74 Å². The highest BCUT2D eigenvalue weighted by atomic mass is 35.5. The van der Waals surface area contributed by atoms with E-state index >= 15 is 0 Å². The van der Waals surface area contributed by atoms with Gasteiger partial charge >= 0.3 is 0 Å². The van der Waals surface area contributed by atoms with E-state index in [2.05, 4.69) is 40.5 Å². The van der Waals surface area contributed by atoms with E-state index in [0.717, 1.165) is 19.6 Å². The number of halogens is 1. The summed E-state index contributed by atoms with van der Waals surface area (Å²) in [4.78, 5) is 2.55. The van der Waals surface area contributed by atoms with Crippen LogP contribution in [0.3, 0.4) is 0 Å². The lowest BCUT2D eigenvalue weighted by Gasteiger charge is -2.35. The fourth-order valence-corrected chi connectivity index (χ4v) is 3.25. The van der Waals surface area contributed by atoms with Crippen LogP contribution in [-0.2, 0) is 11.3 Å². The molecule has 1 aromatic carbocycles. The molecule has 0 aromatic heterocycles. The van der Waals surface area contributed by atoms with Crippen LogP contribution in [0, 0.1) is 0 Å². The maximum Gasteiger partial charge on any atom is 0.0603 e. The Morgan fingerprint density at radius 3 is 2.24 bits per heavy atom. The molecule has 1 aromatic rings. The lowest BCUT2D eigenvalue weighted by Crippen LogP contribution is -2.40. The molecule has 0 unspecified atom stereocenters. The Kier molecular flexibility index (Phi) is 6.97. The molecule has 0 spiro atoms. The summed E-state index contributed by atoms with van der Waals surface area (Å²) in [6, 6.07) is 10.8. The third kappa shape index (κ3) is 5.26. The Labute approximate surface area is 134 Å². The molecular formula is C17H27ClN2O. The third-order valence-corrected chi connectivity index (χ3v) is 4.45. The molecule has 2 aliphatic heterocycles. The maximum absolute atomic E-state index is 6.26. The van der Waals surface area contributed by atoms with Gasteiger partial charge in [0.05, 0.1) is 12.2 Å². The van der Waals surface area contributed by atoms with Crippen molar-refractivity contribution in [2.24, 2.45) is 0 Å². The second-order valence-corrected chi connectivity index (χ2v) is 6.05. The van der Waals surface area contributed by atoms with E-state index in [1.54, 1.807) is 0 Å².